The van der Waals surface area contributed by atoms with Crippen molar-refractivity contribution in [2.75, 3.05) is 63.0 Å². The van der Waals surface area contributed by atoms with Gasteiger partial charge >= 0.3 is 7.82 Å². The van der Waals surface area contributed by atoms with Crippen LogP contribution in [0.2, 0.25) is 0 Å². The third-order valence-corrected chi connectivity index (χ3v) is 0.264. The van der Waals surface area contributed by atoms with E-state index < -0.39 is 13.9 Å². The first-order chi connectivity index (χ1) is 9.93. The largest absolute Gasteiger partial charge is 0.466 e. The fourth-order valence-electron chi connectivity index (χ4n) is 0. The van der Waals surface area contributed by atoms with E-state index in [2.05, 4.69) is 21.3 Å². The van der Waals surface area contributed by atoms with Gasteiger partial charge in [0, 0.05) is 0 Å². The number of halogens is 1. The SMILES string of the molecule is CC(O)CO.CNC.CNC.CNC.CNC.Cl.O=P(O)(O)O. The fourth-order valence-corrected chi connectivity index (χ4v) is 0. The Hall–Kier alpha value is 0.160. The number of hydrogen-bond acceptors (Lipinski definition) is 7. The molecule has 0 bridgehead atoms. The predicted molar refractivity (Wildman–Crippen MR) is 100 cm³/mol. The van der Waals surface area contributed by atoms with Crippen molar-refractivity contribution in [3.05, 3.63) is 0 Å². The van der Waals surface area contributed by atoms with E-state index in [4.69, 9.17) is 29.5 Å². The van der Waals surface area contributed by atoms with Gasteiger partial charge in [-0.25, -0.2) is 4.57 Å². The molecule has 0 aromatic heterocycles. The second-order valence-corrected chi connectivity index (χ2v) is 4.57. The van der Waals surface area contributed by atoms with Crippen molar-refractivity contribution in [1.82, 2.24) is 21.3 Å². The Labute approximate surface area is 147 Å². The molecule has 0 radical (unpaired) electrons. The first kappa shape index (κ1) is 43.6. The lowest BCUT2D eigenvalue weighted by Crippen LogP contribution is -2.03. The van der Waals surface area contributed by atoms with Crippen LogP contribution in [0.5, 0.6) is 0 Å². The molecule has 0 rings (SSSR count). The minimum absolute atomic E-state index is 0. The Kier molecular flexibility index (Phi) is 93.7. The molecule has 152 valence electrons. The van der Waals surface area contributed by atoms with E-state index in [1.54, 1.807) is 0 Å². The first-order valence-corrected chi connectivity index (χ1v) is 7.91. The van der Waals surface area contributed by atoms with E-state index in [-0.39, 0.29) is 19.0 Å². The van der Waals surface area contributed by atoms with Crippen LogP contribution in [0.15, 0.2) is 0 Å². The number of nitrogens with one attached hydrogen (secondary N) is 4. The molecule has 0 spiro atoms. The van der Waals surface area contributed by atoms with E-state index in [1.165, 1.54) is 6.92 Å². The first-order valence-electron chi connectivity index (χ1n) is 6.34. The van der Waals surface area contributed by atoms with Gasteiger partial charge in [-0.05, 0) is 63.3 Å². The van der Waals surface area contributed by atoms with Crippen LogP contribution in [-0.2, 0) is 4.57 Å². The topological polar surface area (TPSA) is 166 Å². The maximum Gasteiger partial charge on any atom is 0.466 e. The van der Waals surface area contributed by atoms with Gasteiger partial charge in [0.15, 0.2) is 0 Å². The molecule has 0 fully saturated rings. The maximum absolute atomic E-state index is 8.88. The van der Waals surface area contributed by atoms with Crippen molar-refractivity contribution in [3.63, 3.8) is 0 Å². The van der Waals surface area contributed by atoms with Gasteiger partial charge in [0.1, 0.15) is 0 Å². The quantitative estimate of drug-likeness (QED) is 0.233. The van der Waals surface area contributed by atoms with E-state index in [0.29, 0.717) is 0 Å². The van der Waals surface area contributed by atoms with Crippen LogP contribution in [0, 0.1) is 0 Å². The third kappa shape index (κ3) is 1930. The lowest BCUT2D eigenvalue weighted by Gasteiger charge is -1.90. The van der Waals surface area contributed by atoms with Crippen molar-refractivity contribution in [2.45, 2.75) is 13.0 Å². The number of phosphoric acid groups is 1. The maximum atomic E-state index is 8.88. The summed E-state index contributed by atoms with van der Waals surface area (Å²) < 4.78 is 8.88. The van der Waals surface area contributed by atoms with Gasteiger partial charge in [0.25, 0.3) is 0 Å². The van der Waals surface area contributed by atoms with Crippen LogP contribution in [-0.4, -0.2) is 94.0 Å². The van der Waals surface area contributed by atoms with Crippen LogP contribution in [0.25, 0.3) is 0 Å². The van der Waals surface area contributed by atoms with Crippen molar-refractivity contribution < 1.29 is 29.5 Å². The summed E-state index contributed by atoms with van der Waals surface area (Å²) >= 11 is 0. The summed E-state index contributed by atoms with van der Waals surface area (Å²) in [6, 6.07) is 0. The minimum Gasteiger partial charge on any atom is -0.394 e. The molecule has 1 unspecified atom stereocenters. The Bertz CT molecular complexity index is 162. The molecule has 0 aromatic rings. The highest BCUT2D eigenvalue weighted by Crippen LogP contribution is 2.25. The molecule has 10 nitrogen and oxygen atoms in total. The molecule has 9 N–H and O–H groups in total. The zero-order valence-corrected chi connectivity index (χ0v) is 17.5. The van der Waals surface area contributed by atoms with Crippen molar-refractivity contribution in [2.24, 2.45) is 0 Å². The molecule has 0 aliphatic rings. The number of rotatable bonds is 1. The molecule has 0 aliphatic carbocycles. The molecular formula is C11H40ClN4O6P. The van der Waals surface area contributed by atoms with E-state index in [0.717, 1.165) is 0 Å². The van der Waals surface area contributed by atoms with Gasteiger partial charge in [-0.2, -0.15) is 0 Å². The summed E-state index contributed by atoms with van der Waals surface area (Å²) in [7, 11) is 10.4. The lowest BCUT2D eigenvalue weighted by molar-refractivity contribution is 0.110. The smallest absolute Gasteiger partial charge is 0.394 e. The monoisotopic (exact) mass is 390 g/mol. The average Bonchev–Trinajstić information content (AvgIpc) is 2.30. The zero-order chi connectivity index (χ0) is 19.6. The normalized spacial score (nSPS) is 8.96. The summed E-state index contributed by atoms with van der Waals surface area (Å²) in [5.74, 6) is 0. The molecule has 1 atom stereocenters. The number of aliphatic hydroxyl groups excluding tert-OH is 2. The molecular weight excluding hydrogens is 351 g/mol. The Morgan fingerprint density at radius 2 is 0.826 bits per heavy atom. The van der Waals surface area contributed by atoms with Crippen LogP contribution in [0.3, 0.4) is 0 Å². The predicted octanol–water partition coefficient (Wildman–Crippen LogP) is -1.80. The molecule has 0 saturated carbocycles. The summed E-state index contributed by atoms with van der Waals surface area (Å²) in [5.41, 5.74) is 0. The molecule has 12 heteroatoms. The Morgan fingerprint density at radius 1 is 0.783 bits per heavy atom. The Balaban J connectivity index is -0.0000000270. The van der Waals surface area contributed by atoms with Crippen molar-refractivity contribution >= 4 is 20.2 Å². The fraction of sp³-hybridized carbons (Fsp3) is 1.00. The summed E-state index contributed by atoms with van der Waals surface area (Å²) in [6.45, 7) is 1.39. The van der Waals surface area contributed by atoms with Gasteiger partial charge < -0.3 is 46.2 Å². The average molecular weight is 391 g/mol. The zero-order valence-electron chi connectivity index (χ0n) is 15.8. The van der Waals surface area contributed by atoms with Gasteiger partial charge in [-0.3, -0.25) is 0 Å². The van der Waals surface area contributed by atoms with E-state index in [1.807, 2.05) is 56.4 Å². The van der Waals surface area contributed by atoms with Crippen molar-refractivity contribution in [3.8, 4) is 0 Å². The molecule has 0 amide bonds. The number of hydrogen-bond donors (Lipinski definition) is 9. The lowest BCUT2D eigenvalue weighted by atomic mass is 10.5. The highest BCUT2D eigenvalue weighted by molar-refractivity contribution is 7.45. The standard InChI is InChI=1S/C3H8O2.4C2H7N.ClH.H3O4P/c1-3(5)2-4;4*1-3-2;;1-5(2,3)4/h3-5H,2H2,1H3;4*3H,1-2H3;1H;(H3,1,2,3,4). The second kappa shape index (κ2) is 49.5. The molecule has 0 heterocycles. The van der Waals surface area contributed by atoms with E-state index >= 15 is 0 Å². The molecule has 0 aliphatic heterocycles. The van der Waals surface area contributed by atoms with Crippen LogP contribution in [0.4, 0.5) is 0 Å². The molecule has 23 heavy (non-hydrogen) atoms. The van der Waals surface area contributed by atoms with E-state index in [9.17, 15) is 0 Å². The minimum atomic E-state index is -4.64. The van der Waals surface area contributed by atoms with Crippen molar-refractivity contribution in [1.29, 1.82) is 0 Å². The molecule has 0 saturated heterocycles. The summed E-state index contributed by atoms with van der Waals surface area (Å²) in [5, 5.41) is 27.0. The van der Waals surface area contributed by atoms with Gasteiger partial charge in [-0.1, -0.05) is 0 Å². The van der Waals surface area contributed by atoms with Crippen LogP contribution < -0.4 is 21.3 Å². The van der Waals surface area contributed by atoms with Gasteiger partial charge in [0.05, 0.1) is 12.7 Å². The summed E-state index contributed by atoms with van der Waals surface area (Å²) in [6.07, 6.45) is -0.560. The molecule has 0 aromatic carbocycles. The highest BCUT2D eigenvalue weighted by Gasteiger charge is 2.00. The number of aliphatic hydroxyl groups is 2. The van der Waals surface area contributed by atoms with Gasteiger partial charge in [0.2, 0.25) is 0 Å². The van der Waals surface area contributed by atoms with Crippen LogP contribution >= 0.6 is 20.2 Å². The summed E-state index contributed by atoms with van der Waals surface area (Å²) in [4.78, 5) is 21.6. The van der Waals surface area contributed by atoms with Crippen LogP contribution in [0.1, 0.15) is 6.92 Å². The third-order valence-electron chi connectivity index (χ3n) is 0.264. The second-order valence-electron chi connectivity index (χ2n) is 3.54. The highest BCUT2D eigenvalue weighted by atomic mass is 35.5. The Morgan fingerprint density at radius 3 is 0.826 bits per heavy atom. The van der Waals surface area contributed by atoms with Gasteiger partial charge in [-0.15, -0.1) is 12.4 Å².